The predicted molar refractivity (Wildman–Crippen MR) is 66.9 cm³/mol. The zero-order valence-corrected chi connectivity index (χ0v) is 9.93. The van der Waals surface area contributed by atoms with E-state index in [0.717, 1.165) is 25.3 Å². The first-order valence-corrected chi connectivity index (χ1v) is 6.51. The molecule has 1 saturated heterocycles. The Hall–Kier alpha value is -1.00. The highest BCUT2D eigenvalue weighted by molar-refractivity contribution is 7.97. The van der Waals surface area contributed by atoms with Crippen LogP contribution in [0.2, 0.25) is 0 Å². The van der Waals surface area contributed by atoms with Crippen LogP contribution in [-0.4, -0.2) is 19.0 Å². The van der Waals surface area contributed by atoms with Gasteiger partial charge < -0.3 is 5.32 Å². The molecule has 4 heteroatoms. The average Bonchev–Trinajstić information content (AvgIpc) is 2.84. The molecule has 1 aliphatic heterocycles. The van der Waals surface area contributed by atoms with Crippen LogP contribution >= 0.6 is 11.9 Å². The zero-order chi connectivity index (χ0) is 11.2. The van der Waals surface area contributed by atoms with Crippen molar-refractivity contribution in [1.82, 2.24) is 10.0 Å². The Morgan fingerprint density at radius 1 is 1.44 bits per heavy atom. The number of rotatable bonds is 4. The van der Waals surface area contributed by atoms with Crippen molar-refractivity contribution in [3.63, 3.8) is 0 Å². The smallest absolute Gasteiger partial charge is 0.234 e. The Kier molecular flexibility index (Phi) is 4.25. The maximum absolute atomic E-state index is 11.7. The second-order valence-corrected chi connectivity index (χ2v) is 4.71. The minimum atomic E-state index is 0.156. The van der Waals surface area contributed by atoms with Crippen molar-refractivity contribution < 1.29 is 4.79 Å². The number of amides is 1. The third kappa shape index (κ3) is 3.25. The molecule has 1 aromatic carbocycles. The molecule has 1 atom stereocenters. The second-order valence-electron chi connectivity index (χ2n) is 3.93. The molecule has 2 rings (SSSR count). The van der Waals surface area contributed by atoms with Crippen LogP contribution in [0, 0.1) is 5.92 Å². The van der Waals surface area contributed by atoms with E-state index >= 15 is 0 Å². The van der Waals surface area contributed by atoms with Gasteiger partial charge in [0.15, 0.2) is 0 Å². The average molecular weight is 236 g/mol. The zero-order valence-electron chi connectivity index (χ0n) is 9.11. The van der Waals surface area contributed by atoms with Gasteiger partial charge in [-0.2, -0.15) is 0 Å². The van der Waals surface area contributed by atoms with E-state index in [-0.39, 0.29) is 11.8 Å². The highest BCUT2D eigenvalue weighted by atomic mass is 32.2. The molecule has 0 saturated carbocycles. The summed E-state index contributed by atoms with van der Waals surface area (Å²) in [6, 6.07) is 10.2. The van der Waals surface area contributed by atoms with Gasteiger partial charge in [0.05, 0.1) is 5.92 Å². The molecule has 0 bridgehead atoms. The summed E-state index contributed by atoms with van der Waals surface area (Å²) < 4.78 is 2.91. The second kappa shape index (κ2) is 5.92. The summed E-state index contributed by atoms with van der Waals surface area (Å²) in [6.45, 7) is 1.78. The van der Waals surface area contributed by atoms with Gasteiger partial charge in [0.1, 0.15) is 0 Å². The fraction of sp³-hybridized carbons (Fsp3) is 0.417. The lowest BCUT2D eigenvalue weighted by molar-refractivity contribution is -0.122. The Balaban J connectivity index is 1.70. The van der Waals surface area contributed by atoms with Crippen LogP contribution in [0.15, 0.2) is 30.3 Å². The molecule has 2 N–H and O–H groups in total. The maximum Gasteiger partial charge on any atom is 0.234 e. The molecule has 86 valence electrons. The summed E-state index contributed by atoms with van der Waals surface area (Å²) in [7, 11) is 0. The molecule has 0 aliphatic carbocycles. The number of hydrogen-bond donors (Lipinski definition) is 2. The van der Waals surface area contributed by atoms with Crippen molar-refractivity contribution in [1.29, 1.82) is 0 Å². The minimum Gasteiger partial charge on any atom is -0.316 e. The summed E-state index contributed by atoms with van der Waals surface area (Å²) in [6.07, 6.45) is 0.956. The van der Waals surface area contributed by atoms with Gasteiger partial charge in [-0.25, -0.2) is 0 Å². The molecule has 0 spiro atoms. The number of carbonyl (C=O) groups excluding carboxylic acids is 1. The molecular weight excluding hydrogens is 220 g/mol. The largest absolute Gasteiger partial charge is 0.316 e. The first-order chi connectivity index (χ1) is 7.86. The van der Waals surface area contributed by atoms with Gasteiger partial charge in [0.25, 0.3) is 0 Å². The van der Waals surface area contributed by atoms with Crippen LogP contribution in [0.4, 0.5) is 0 Å². The maximum atomic E-state index is 11.7. The van der Waals surface area contributed by atoms with E-state index < -0.39 is 0 Å². The third-order valence-electron chi connectivity index (χ3n) is 2.69. The van der Waals surface area contributed by atoms with E-state index in [4.69, 9.17) is 0 Å². The lowest BCUT2D eigenvalue weighted by Gasteiger charge is -2.08. The minimum absolute atomic E-state index is 0.156. The highest BCUT2D eigenvalue weighted by Crippen LogP contribution is 2.12. The molecule has 1 amide bonds. The number of nitrogens with one attached hydrogen (secondary N) is 2. The molecule has 1 fully saturated rings. The van der Waals surface area contributed by atoms with Crippen LogP contribution in [0.3, 0.4) is 0 Å². The number of benzene rings is 1. The molecule has 1 aromatic rings. The van der Waals surface area contributed by atoms with E-state index in [1.807, 2.05) is 18.2 Å². The lowest BCUT2D eigenvalue weighted by atomic mass is 10.1. The number of hydrogen-bond acceptors (Lipinski definition) is 3. The highest BCUT2D eigenvalue weighted by Gasteiger charge is 2.21. The van der Waals surface area contributed by atoms with E-state index in [9.17, 15) is 4.79 Å². The van der Waals surface area contributed by atoms with Crippen molar-refractivity contribution >= 4 is 17.9 Å². The van der Waals surface area contributed by atoms with Crippen molar-refractivity contribution in [2.24, 2.45) is 5.92 Å². The van der Waals surface area contributed by atoms with Crippen LogP contribution in [-0.2, 0) is 10.5 Å². The van der Waals surface area contributed by atoms with Crippen molar-refractivity contribution in [3.05, 3.63) is 35.9 Å². The molecule has 16 heavy (non-hydrogen) atoms. The molecule has 0 radical (unpaired) electrons. The van der Waals surface area contributed by atoms with Gasteiger partial charge in [0.2, 0.25) is 5.91 Å². The standard InChI is InChI=1S/C12H16N2OS/c15-12(11-6-7-13-8-11)14-16-9-10-4-2-1-3-5-10/h1-5,11,13H,6-9H2,(H,14,15). The van der Waals surface area contributed by atoms with E-state index in [1.165, 1.54) is 17.5 Å². The molecule has 1 heterocycles. The van der Waals surface area contributed by atoms with E-state index in [0.29, 0.717) is 0 Å². The Morgan fingerprint density at radius 3 is 2.94 bits per heavy atom. The monoisotopic (exact) mass is 236 g/mol. The van der Waals surface area contributed by atoms with Gasteiger partial charge in [-0.3, -0.25) is 9.52 Å². The van der Waals surface area contributed by atoms with Crippen molar-refractivity contribution in [2.45, 2.75) is 12.2 Å². The molecule has 3 nitrogen and oxygen atoms in total. The van der Waals surface area contributed by atoms with E-state index in [1.54, 1.807) is 0 Å². The normalized spacial score (nSPS) is 19.6. The molecular formula is C12H16N2OS. The van der Waals surface area contributed by atoms with Crippen LogP contribution in [0.1, 0.15) is 12.0 Å². The molecule has 1 unspecified atom stereocenters. The van der Waals surface area contributed by atoms with E-state index in [2.05, 4.69) is 22.2 Å². The van der Waals surface area contributed by atoms with Gasteiger partial charge >= 0.3 is 0 Å². The fourth-order valence-corrected chi connectivity index (χ4v) is 2.47. The molecule has 1 aliphatic rings. The quantitative estimate of drug-likeness (QED) is 0.780. The van der Waals surface area contributed by atoms with Gasteiger partial charge in [-0.05, 0) is 30.5 Å². The van der Waals surface area contributed by atoms with Crippen LogP contribution < -0.4 is 10.0 Å². The van der Waals surface area contributed by atoms with Gasteiger partial charge in [0, 0.05) is 12.3 Å². The van der Waals surface area contributed by atoms with Gasteiger partial charge in [-0.15, -0.1) is 0 Å². The Labute approximate surface area is 100 Å². The first-order valence-electron chi connectivity index (χ1n) is 5.52. The third-order valence-corrected chi connectivity index (χ3v) is 3.51. The van der Waals surface area contributed by atoms with Gasteiger partial charge in [-0.1, -0.05) is 30.3 Å². The topological polar surface area (TPSA) is 41.1 Å². The van der Waals surface area contributed by atoms with Crippen molar-refractivity contribution in [2.75, 3.05) is 13.1 Å². The van der Waals surface area contributed by atoms with Crippen LogP contribution in [0.5, 0.6) is 0 Å². The Morgan fingerprint density at radius 2 is 2.25 bits per heavy atom. The lowest BCUT2D eigenvalue weighted by Crippen LogP contribution is -2.27. The predicted octanol–water partition coefficient (Wildman–Crippen LogP) is 1.56. The summed E-state index contributed by atoms with van der Waals surface area (Å²) in [4.78, 5) is 11.7. The van der Waals surface area contributed by atoms with Crippen LogP contribution in [0.25, 0.3) is 0 Å². The SMILES string of the molecule is O=C(NSCc1ccccc1)C1CCNC1. The summed E-state index contributed by atoms with van der Waals surface area (Å²) in [5.74, 6) is 1.14. The van der Waals surface area contributed by atoms with Crippen molar-refractivity contribution in [3.8, 4) is 0 Å². The summed E-state index contributed by atoms with van der Waals surface area (Å²) in [5.41, 5.74) is 1.23. The number of carbonyl (C=O) groups is 1. The summed E-state index contributed by atoms with van der Waals surface area (Å²) >= 11 is 1.47. The first kappa shape index (κ1) is 11.5. The fourth-order valence-electron chi connectivity index (χ4n) is 1.73. The Bertz CT molecular complexity index is 336. The molecule has 0 aromatic heterocycles. The summed E-state index contributed by atoms with van der Waals surface area (Å²) in [5, 5.41) is 3.19.